The molecule has 5 heteroatoms. The summed E-state index contributed by atoms with van der Waals surface area (Å²) < 4.78 is 0. The molecule has 132 valence electrons. The summed E-state index contributed by atoms with van der Waals surface area (Å²) in [5, 5.41) is 5.80. The molecule has 0 spiro atoms. The SMILES string of the molecule is Cc1ccc(NC(=O)CSC(C)C(=O)NC2CCCCCC2)cc1. The molecular weight excluding hydrogens is 320 g/mol. The number of amides is 2. The van der Waals surface area contributed by atoms with Gasteiger partial charge in [-0.05, 0) is 38.8 Å². The zero-order valence-corrected chi connectivity index (χ0v) is 15.5. The highest BCUT2D eigenvalue weighted by Crippen LogP contribution is 2.19. The molecule has 1 saturated carbocycles. The summed E-state index contributed by atoms with van der Waals surface area (Å²) in [5.41, 5.74) is 1.95. The molecule has 0 aromatic heterocycles. The van der Waals surface area contributed by atoms with Gasteiger partial charge in [0.2, 0.25) is 11.8 Å². The summed E-state index contributed by atoms with van der Waals surface area (Å²) >= 11 is 1.38. The number of hydrogen-bond donors (Lipinski definition) is 2. The van der Waals surface area contributed by atoms with Gasteiger partial charge in [-0.1, -0.05) is 43.4 Å². The fraction of sp³-hybridized carbons (Fsp3) is 0.579. The predicted molar refractivity (Wildman–Crippen MR) is 101 cm³/mol. The number of nitrogens with one attached hydrogen (secondary N) is 2. The molecule has 0 radical (unpaired) electrons. The van der Waals surface area contributed by atoms with Crippen molar-refractivity contribution in [2.24, 2.45) is 0 Å². The average Bonchev–Trinajstić information content (AvgIpc) is 2.83. The number of hydrogen-bond acceptors (Lipinski definition) is 3. The van der Waals surface area contributed by atoms with Crippen molar-refractivity contribution >= 4 is 29.3 Å². The Morgan fingerprint density at radius 2 is 1.75 bits per heavy atom. The van der Waals surface area contributed by atoms with Crippen LogP contribution in [0, 0.1) is 6.92 Å². The lowest BCUT2D eigenvalue weighted by Gasteiger charge is -2.19. The molecule has 1 atom stereocenters. The Morgan fingerprint density at radius 1 is 1.12 bits per heavy atom. The maximum Gasteiger partial charge on any atom is 0.234 e. The number of rotatable bonds is 6. The highest BCUT2D eigenvalue weighted by atomic mass is 32.2. The number of carbonyl (C=O) groups is 2. The lowest BCUT2D eigenvalue weighted by atomic mass is 10.1. The fourth-order valence-electron chi connectivity index (χ4n) is 2.85. The molecule has 1 aliphatic rings. The molecule has 0 bridgehead atoms. The molecule has 0 heterocycles. The minimum Gasteiger partial charge on any atom is -0.352 e. The second-order valence-corrected chi connectivity index (χ2v) is 7.89. The van der Waals surface area contributed by atoms with Gasteiger partial charge in [0, 0.05) is 11.7 Å². The van der Waals surface area contributed by atoms with Crippen LogP contribution in [0.1, 0.15) is 51.0 Å². The van der Waals surface area contributed by atoms with E-state index >= 15 is 0 Å². The van der Waals surface area contributed by atoms with Crippen LogP contribution in [0.25, 0.3) is 0 Å². The van der Waals surface area contributed by atoms with Crippen LogP contribution in [-0.4, -0.2) is 28.9 Å². The van der Waals surface area contributed by atoms with Crippen LogP contribution < -0.4 is 10.6 Å². The van der Waals surface area contributed by atoms with Gasteiger partial charge in [-0.15, -0.1) is 11.8 Å². The van der Waals surface area contributed by atoms with E-state index in [-0.39, 0.29) is 22.8 Å². The smallest absolute Gasteiger partial charge is 0.234 e. The normalized spacial score (nSPS) is 16.9. The van der Waals surface area contributed by atoms with Crippen molar-refractivity contribution in [1.29, 1.82) is 0 Å². The molecule has 0 saturated heterocycles. The zero-order chi connectivity index (χ0) is 17.4. The number of benzene rings is 1. The van der Waals surface area contributed by atoms with E-state index in [0.717, 1.165) is 24.1 Å². The molecule has 1 aliphatic carbocycles. The lowest BCUT2D eigenvalue weighted by Crippen LogP contribution is -2.39. The maximum absolute atomic E-state index is 12.3. The minimum absolute atomic E-state index is 0.0510. The highest BCUT2D eigenvalue weighted by Gasteiger charge is 2.20. The van der Waals surface area contributed by atoms with Crippen molar-refractivity contribution < 1.29 is 9.59 Å². The van der Waals surface area contributed by atoms with Crippen LogP contribution >= 0.6 is 11.8 Å². The van der Waals surface area contributed by atoms with Gasteiger partial charge in [-0.3, -0.25) is 9.59 Å². The van der Waals surface area contributed by atoms with Gasteiger partial charge in [0.05, 0.1) is 11.0 Å². The van der Waals surface area contributed by atoms with Crippen LogP contribution in [0.5, 0.6) is 0 Å². The third-order valence-corrected chi connectivity index (χ3v) is 5.51. The third kappa shape index (κ3) is 6.56. The van der Waals surface area contributed by atoms with Crippen molar-refractivity contribution in [2.75, 3.05) is 11.1 Å². The Kier molecular flexibility index (Phi) is 7.63. The van der Waals surface area contributed by atoms with E-state index < -0.39 is 0 Å². The van der Waals surface area contributed by atoms with Crippen molar-refractivity contribution in [2.45, 2.75) is 63.7 Å². The van der Waals surface area contributed by atoms with E-state index in [1.165, 1.54) is 37.4 Å². The molecule has 1 unspecified atom stereocenters. The molecule has 2 amide bonds. The van der Waals surface area contributed by atoms with E-state index in [0.29, 0.717) is 6.04 Å². The first-order valence-electron chi connectivity index (χ1n) is 8.83. The highest BCUT2D eigenvalue weighted by molar-refractivity contribution is 8.01. The van der Waals surface area contributed by atoms with Gasteiger partial charge in [-0.25, -0.2) is 0 Å². The topological polar surface area (TPSA) is 58.2 Å². The van der Waals surface area contributed by atoms with Crippen molar-refractivity contribution in [3.8, 4) is 0 Å². The van der Waals surface area contributed by atoms with Gasteiger partial charge in [0.1, 0.15) is 0 Å². The van der Waals surface area contributed by atoms with E-state index in [4.69, 9.17) is 0 Å². The van der Waals surface area contributed by atoms with Gasteiger partial charge in [0.25, 0.3) is 0 Å². The summed E-state index contributed by atoms with van der Waals surface area (Å²) in [5.74, 6) is 0.264. The van der Waals surface area contributed by atoms with Crippen LogP contribution in [0.4, 0.5) is 5.69 Å². The Morgan fingerprint density at radius 3 is 2.38 bits per heavy atom. The largest absolute Gasteiger partial charge is 0.352 e. The number of carbonyl (C=O) groups excluding carboxylic acids is 2. The van der Waals surface area contributed by atoms with E-state index in [1.54, 1.807) is 0 Å². The summed E-state index contributed by atoms with van der Waals surface area (Å²) in [6, 6.07) is 8.02. The van der Waals surface area contributed by atoms with E-state index in [1.807, 2.05) is 38.1 Å². The Hall–Kier alpha value is -1.49. The minimum atomic E-state index is -0.211. The quantitative estimate of drug-likeness (QED) is 0.767. The van der Waals surface area contributed by atoms with Crippen LogP contribution in [-0.2, 0) is 9.59 Å². The molecule has 4 nitrogen and oxygen atoms in total. The summed E-state index contributed by atoms with van der Waals surface area (Å²) in [7, 11) is 0. The monoisotopic (exact) mass is 348 g/mol. The number of anilines is 1. The lowest BCUT2D eigenvalue weighted by molar-refractivity contribution is -0.121. The van der Waals surface area contributed by atoms with Gasteiger partial charge >= 0.3 is 0 Å². The standard InChI is InChI=1S/C19H28N2O2S/c1-14-9-11-17(12-10-14)20-18(22)13-24-15(2)19(23)21-16-7-5-3-4-6-8-16/h9-12,15-16H,3-8,13H2,1-2H3,(H,20,22)(H,21,23). The Labute approximate surface area is 149 Å². The van der Waals surface area contributed by atoms with E-state index in [2.05, 4.69) is 10.6 Å². The second-order valence-electron chi connectivity index (χ2n) is 6.56. The molecule has 2 rings (SSSR count). The molecule has 1 aromatic rings. The van der Waals surface area contributed by atoms with Crippen LogP contribution in [0.2, 0.25) is 0 Å². The summed E-state index contributed by atoms with van der Waals surface area (Å²) in [6.45, 7) is 3.88. The second kappa shape index (κ2) is 9.72. The van der Waals surface area contributed by atoms with Crippen molar-refractivity contribution in [3.63, 3.8) is 0 Å². The van der Waals surface area contributed by atoms with Gasteiger partial charge in [-0.2, -0.15) is 0 Å². The predicted octanol–water partition coefficient (Wildman–Crippen LogP) is 3.89. The van der Waals surface area contributed by atoms with Crippen molar-refractivity contribution in [3.05, 3.63) is 29.8 Å². The molecule has 2 N–H and O–H groups in total. The first-order chi connectivity index (χ1) is 11.5. The van der Waals surface area contributed by atoms with Crippen molar-refractivity contribution in [1.82, 2.24) is 5.32 Å². The first-order valence-corrected chi connectivity index (χ1v) is 9.88. The molecular formula is C19H28N2O2S. The third-order valence-electron chi connectivity index (χ3n) is 4.37. The average molecular weight is 349 g/mol. The number of thioether (sulfide) groups is 1. The van der Waals surface area contributed by atoms with E-state index in [9.17, 15) is 9.59 Å². The molecule has 1 aromatic carbocycles. The first kappa shape index (κ1) is 18.8. The van der Waals surface area contributed by atoms with Crippen LogP contribution in [0.15, 0.2) is 24.3 Å². The Balaban J connectivity index is 1.70. The Bertz CT molecular complexity index is 537. The molecule has 0 aliphatic heterocycles. The molecule has 24 heavy (non-hydrogen) atoms. The maximum atomic E-state index is 12.3. The zero-order valence-electron chi connectivity index (χ0n) is 14.6. The van der Waals surface area contributed by atoms with Crippen LogP contribution in [0.3, 0.4) is 0 Å². The summed E-state index contributed by atoms with van der Waals surface area (Å²) in [4.78, 5) is 24.3. The number of aryl methyl sites for hydroxylation is 1. The molecule has 1 fully saturated rings. The summed E-state index contributed by atoms with van der Waals surface area (Å²) in [6.07, 6.45) is 7.11. The van der Waals surface area contributed by atoms with Gasteiger partial charge < -0.3 is 10.6 Å². The van der Waals surface area contributed by atoms with Gasteiger partial charge in [0.15, 0.2) is 0 Å². The fourth-order valence-corrected chi connectivity index (χ4v) is 3.55.